The predicted molar refractivity (Wildman–Crippen MR) is 121 cm³/mol. The Labute approximate surface area is 176 Å². The van der Waals surface area contributed by atoms with Crippen LogP contribution >= 0.6 is 0 Å². The molecule has 30 heavy (non-hydrogen) atoms. The van der Waals surface area contributed by atoms with Crippen LogP contribution in [0.2, 0.25) is 0 Å². The number of benzene rings is 3. The van der Waals surface area contributed by atoms with Crippen LogP contribution < -0.4 is 4.90 Å². The van der Waals surface area contributed by atoms with Crippen LogP contribution in [0.5, 0.6) is 0 Å². The summed E-state index contributed by atoms with van der Waals surface area (Å²) in [5.41, 5.74) is 6.65. The zero-order valence-corrected chi connectivity index (χ0v) is 16.4. The van der Waals surface area contributed by atoms with Crippen LogP contribution in [0.1, 0.15) is 21.6 Å². The topological polar surface area (TPSA) is 33.2 Å². The first kappa shape index (κ1) is 18.1. The van der Waals surface area contributed by atoms with Gasteiger partial charge in [0.2, 0.25) is 5.78 Å². The number of ketones is 1. The molecule has 0 unspecified atom stereocenters. The summed E-state index contributed by atoms with van der Waals surface area (Å²) in [7, 11) is 0. The summed E-state index contributed by atoms with van der Waals surface area (Å²) in [6.45, 7) is 0. The number of hydrogen-bond acceptors (Lipinski definition) is 3. The Morgan fingerprint density at radius 2 is 1.30 bits per heavy atom. The van der Waals surface area contributed by atoms with Crippen molar-refractivity contribution in [3.8, 4) is 0 Å². The Bertz CT molecular complexity index is 1170. The molecule has 0 saturated heterocycles. The maximum absolute atomic E-state index is 12.6. The fraction of sp³-hybridized carbons (Fsp3) is 0.0370. The minimum Gasteiger partial charge on any atom is -0.311 e. The van der Waals surface area contributed by atoms with Gasteiger partial charge in [-0.25, -0.2) is 0 Å². The van der Waals surface area contributed by atoms with E-state index in [4.69, 9.17) is 0 Å². The zero-order valence-electron chi connectivity index (χ0n) is 16.4. The molecular weight excluding hydrogens is 368 g/mol. The first-order valence-corrected chi connectivity index (χ1v) is 9.99. The molecule has 1 heterocycles. The molecule has 0 fully saturated rings. The van der Waals surface area contributed by atoms with Gasteiger partial charge in [-0.05, 0) is 59.7 Å². The Balaban J connectivity index is 1.47. The van der Waals surface area contributed by atoms with E-state index in [1.54, 1.807) is 6.20 Å². The van der Waals surface area contributed by atoms with Gasteiger partial charge in [0, 0.05) is 35.3 Å². The molecular formula is C27H20N2O. The van der Waals surface area contributed by atoms with Gasteiger partial charge in [0.1, 0.15) is 5.69 Å². The Hall–Kier alpha value is -3.98. The summed E-state index contributed by atoms with van der Waals surface area (Å²) in [5.74, 6) is 0.0323. The number of rotatable bonds is 4. The minimum atomic E-state index is 0.0323. The molecule has 0 saturated carbocycles. The Morgan fingerprint density at radius 3 is 1.90 bits per heavy atom. The van der Waals surface area contributed by atoms with Crippen LogP contribution in [-0.2, 0) is 6.42 Å². The van der Waals surface area contributed by atoms with E-state index in [9.17, 15) is 4.79 Å². The summed E-state index contributed by atoms with van der Waals surface area (Å²) < 4.78 is 0. The van der Waals surface area contributed by atoms with Crippen LogP contribution in [0.3, 0.4) is 0 Å². The van der Waals surface area contributed by atoms with Crippen LogP contribution in [0.15, 0.2) is 109 Å². The number of hydrogen-bond donors (Lipinski definition) is 0. The van der Waals surface area contributed by atoms with Crippen molar-refractivity contribution in [1.82, 2.24) is 4.98 Å². The molecule has 0 N–H and O–H groups in total. The van der Waals surface area contributed by atoms with Crippen molar-refractivity contribution in [2.75, 3.05) is 4.90 Å². The number of carbonyl (C=O) groups excluding carboxylic acids is 1. The number of nitrogens with zero attached hydrogens (tertiary/aromatic N) is 2. The van der Waals surface area contributed by atoms with Crippen LogP contribution in [0.25, 0.3) is 6.08 Å². The lowest BCUT2D eigenvalue weighted by atomic mass is 10.1. The maximum Gasteiger partial charge on any atom is 0.207 e. The fourth-order valence-corrected chi connectivity index (χ4v) is 3.86. The van der Waals surface area contributed by atoms with E-state index in [1.807, 2.05) is 54.6 Å². The molecule has 3 heteroatoms. The highest BCUT2D eigenvalue weighted by molar-refractivity contribution is 6.14. The lowest BCUT2D eigenvalue weighted by Gasteiger charge is -2.25. The van der Waals surface area contributed by atoms with Gasteiger partial charge in [-0.15, -0.1) is 0 Å². The summed E-state index contributed by atoms with van der Waals surface area (Å²) in [4.78, 5) is 19.1. The van der Waals surface area contributed by atoms with E-state index in [2.05, 4.69) is 58.4 Å². The molecule has 0 amide bonds. The summed E-state index contributed by atoms with van der Waals surface area (Å²) in [6, 6.07) is 32.8. The van der Waals surface area contributed by atoms with Crippen LogP contribution in [0, 0.1) is 0 Å². The van der Waals surface area contributed by atoms with Crippen molar-refractivity contribution in [2.45, 2.75) is 6.42 Å². The van der Waals surface area contributed by atoms with Gasteiger partial charge in [-0.3, -0.25) is 9.78 Å². The number of carbonyl (C=O) groups is 1. The highest BCUT2D eigenvalue weighted by Crippen LogP contribution is 2.34. The van der Waals surface area contributed by atoms with Crippen molar-refractivity contribution >= 4 is 28.9 Å². The average Bonchev–Trinajstić information content (AvgIpc) is 3.12. The molecule has 0 atom stereocenters. The van der Waals surface area contributed by atoms with E-state index in [0.717, 1.165) is 33.8 Å². The third kappa shape index (κ3) is 3.42. The van der Waals surface area contributed by atoms with Crippen molar-refractivity contribution in [3.05, 3.63) is 126 Å². The number of Topliss-reactive ketones (excluding diaryl/α,β-unsaturated/α-hetero) is 1. The summed E-state index contributed by atoms with van der Waals surface area (Å²) >= 11 is 0. The third-order valence-electron chi connectivity index (χ3n) is 5.30. The number of pyridine rings is 1. The van der Waals surface area contributed by atoms with E-state index < -0.39 is 0 Å². The fourth-order valence-electron chi connectivity index (χ4n) is 3.86. The first-order valence-electron chi connectivity index (χ1n) is 9.99. The normalized spacial score (nSPS) is 14.0. The van der Waals surface area contributed by atoms with Crippen molar-refractivity contribution in [2.24, 2.45) is 0 Å². The molecule has 1 aromatic heterocycles. The molecule has 1 aliphatic carbocycles. The predicted octanol–water partition coefficient (Wildman–Crippen LogP) is 6.37. The number of fused-ring (bicyclic) bond motifs is 1. The molecule has 144 valence electrons. The Kier molecular flexibility index (Phi) is 4.70. The standard InChI is InChI=1S/C27H20N2O/c30-27-22(19-21-8-7-17-28-26(21)27)18-20-13-15-25(16-14-20)29(23-9-3-1-4-10-23)24-11-5-2-6-12-24/h1-18H,19H2. The van der Waals surface area contributed by atoms with Crippen LogP contribution in [0.4, 0.5) is 17.1 Å². The van der Waals surface area contributed by atoms with Gasteiger partial charge in [-0.2, -0.15) is 0 Å². The minimum absolute atomic E-state index is 0.0323. The lowest BCUT2D eigenvalue weighted by molar-refractivity contribution is 0.103. The molecule has 0 bridgehead atoms. The highest BCUT2D eigenvalue weighted by Gasteiger charge is 2.25. The summed E-state index contributed by atoms with van der Waals surface area (Å²) in [6.07, 6.45) is 4.29. The molecule has 0 aliphatic heterocycles. The number of allylic oxidation sites excluding steroid dienone is 1. The van der Waals surface area contributed by atoms with E-state index in [1.165, 1.54) is 0 Å². The van der Waals surface area contributed by atoms with Gasteiger partial charge < -0.3 is 4.90 Å². The number of anilines is 3. The average molecular weight is 388 g/mol. The SMILES string of the molecule is O=C1C(=Cc2ccc(N(c3ccccc3)c3ccccc3)cc2)Cc2cccnc21. The zero-order chi connectivity index (χ0) is 20.3. The molecule has 1 aliphatic rings. The van der Waals surface area contributed by atoms with Gasteiger partial charge in [0.05, 0.1) is 0 Å². The lowest BCUT2D eigenvalue weighted by Crippen LogP contribution is -2.09. The number of para-hydroxylation sites is 2. The van der Waals surface area contributed by atoms with Gasteiger partial charge in [0.15, 0.2) is 0 Å². The smallest absolute Gasteiger partial charge is 0.207 e. The maximum atomic E-state index is 12.6. The monoisotopic (exact) mass is 388 g/mol. The largest absolute Gasteiger partial charge is 0.311 e. The summed E-state index contributed by atoms with van der Waals surface area (Å²) in [5, 5.41) is 0. The molecule has 4 aromatic rings. The highest BCUT2D eigenvalue weighted by atomic mass is 16.1. The molecule has 3 nitrogen and oxygen atoms in total. The molecule has 0 spiro atoms. The third-order valence-corrected chi connectivity index (χ3v) is 5.30. The van der Waals surface area contributed by atoms with Crippen molar-refractivity contribution in [3.63, 3.8) is 0 Å². The van der Waals surface area contributed by atoms with Gasteiger partial charge in [-0.1, -0.05) is 54.6 Å². The first-order chi connectivity index (χ1) is 14.8. The second kappa shape index (κ2) is 7.80. The van der Waals surface area contributed by atoms with Gasteiger partial charge in [0.25, 0.3) is 0 Å². The van der Waals surface area contributed by atoms with E-state index in [0.29, 0.717) is 12.1 Å². The number of aromatic nitrogens is 1. The molecule has 3 aromatic carbocycles. The van der Waals surface area contributed by atoms with E-state index in [-0.39, 0.29) is 5.78 Å². The van der Waals surface area contributed by atoms with Crippen molar-refractivity contribution < 1.29 is 4.79 Å². The van der Waals surface area contributed by atoms with Crippen molar-refractivity contribution in [1.29, 1.82) is 0 Å². The molecule has 0 radical (unpaired) electrons. The Morgan fingerprint density at radius 1 is 0.700 bits per heavy atom. The second-order valence-electron chi connectivity index (χ2n) is 7.28. The van der Waals surface area contributed by atoms with E-state index >= 15 is 0 Å². The van der Waals surface area contributed by atoms with Gasteiger partial charge >= 0.3 is 0 Å². The molecule has 5 rings (SSSR count). The van der Waals surface area contributed by atoms with Crippen LogP contribution in [-0.4, -0.2) is 10.8 Å². The quantitative estimate of drug-likeness (QED) is 0.381. The second-order valence-corrected chi connectivity index (χ2v) is 7.28.